The summed E-state index contributed by atoms with van der Waals surface area (Å²) in [5.74, 6) is -0.981. The van der Waals surface area contributed by atoms with Gasteiger partial charge in [-0.25, -0.2) is 14.6 Å². The van der Waals surface area contributed by atoms with Gasteiger partial charge in [0.05, 0.1) is 11.0 Å². The van der Waals surface area contributed by atoms with Crippen LogP contribution < -0.4 is 5.69 Å². The fourth-order valence-corrected chi connectivity index (χ4v) is 3.75. The minimum Gasteiger partial charge on any atom is -0.477 e. The maximum atomic E-state index is 11.7. The zero-order valence-corrected chi connectivity index (χ0v) is 12.8. The van der Waals surface area contributed by atoms with Crippen LogP contribution >= 0.6 is 11.3 Å². The Labute approximate surface area is 133 Å². The highest BCUT2D eigenvalue weighted by atomic mass is 32.1. The van der Waals surface area contributed by atoms with Gasteiger partial charge in [-0.3, -0.25) is 4.57 Å². The number of hydrogen-bond donors (Lipinski definition) is 2. The lowest BCUT2D eigenvalue weighted by Gasteiger charge is -2.03. The zero-order chi connectivity index (χ0) is 16.1. The van der Waals surface area contributed by atoms with E-state index in [-0.39, 0.29) is 10.6 Å². The molecule has 4 aromatic rings. The zero-order valence-electron chi connectivity index (χ0n) is 12.0. The molecule has 0 atom stereocenters. The molecule has 0 aliphatic carbocycles. The van der Waals surface area contributed by atoms with E-state index in [0.29, 0.717) is 10.4 Å². The van der Waals surface area contributed by atoms with Crippen molar-refractivity contribution in [1.82, 2.24) is 14.5 Å². The van der Waals surface area contributed by atoms with Crippen molar-refractivity contribution in [3.8, 4) is 11.1 Å². The number of carbonyl (C=O) groups is 1. The molecule has 0 saturated carbocycles. The van der Waals surface area contributed by atoms with Crippen LogP contribution in [0.5, 0.6) is 0 Å². The SMILES string of the molecule is Cn1c(=O)[nH]c2ccc(-c3c(C(=O)O)sc4ncccc34)cc21. The minimum atomic E-state index is -0.981. The Balaban J connectivity index is 2.09. The number of aromatic carboxylic acids is 1. The van der Waals surface area contributed by atoms with E-state index in [1.165, 1.54) is 4.57 Å². The van der Waals surface area contributed by atoms with Crippen molar-refractivity contribution < 1.29 is 9.90 Å². The van der Waals surface area contributed by atoms with Gasteiger partial charge in [0.25, 0.3) is 0 Å². The topological polar surface area (TPSA) is 88.0 Å². The first kappa shape index (κ1) is 13.7. The Bertz CT molecular complexity index is 1140. The van der Waals surface area contributed by atoms with Gasteiger partial charge < -0.3 is 10.1 Å². The summed E-state index contributed by atoms with van der Waals surface area (Å²) in [5.41, 5.74) is 2.64. The number of imidazole rings is 1. The summed E-state index contributed by atoms with van der Waals surface area (Å²) >= 11 is 1.15. The first-order valence-corrected chi connectivity index (χ1v) is 7.68. The highest BCUT2D eigenvalue weighted by Crippen LogP contribution is 2.38. The molecule has 23 heavy (non-hydrogen) atoms. The van der Waals surface area contributed by atoms with E-state index >= 15 is 0 Å². The predicted octanol–water partition coefficient (Wildman–Crippen LogP) is 2.84. The molecule has 6 nitrogen and oxygen atoms in total. The fraction of sp³-hybridized carbons (Fsp3) is 0.0625. The van der Waals surface area contributed by atoms with E-state index in [1.54, 1.807) is 25.4 Å². The molecule has 114 valence electrons. The number of pyridine rings is 1. The molecule has 0 aliphatic rings. The van der Waals surface area contributed by atoms with Gasteiger partial charge >= 0.3 is 11.7 Å². The monoisotopic (exact) mass is 325 g/mol. The number of hydrogen-bond acceptors (Lipinski definition) is 4. The van der Waals surface area contributed by atoms with E-state index in [4.69, 9.17) is 0 Å². The average Bonchev–Trinajstić information content (AvgIpc) is 3.06. The highest BCUT2D eigenvalue weighted by molar-refractivity contribution is 7.21. The van der Waals surface area contributed by atoms with Crippen LogP contribution in [0.15, 0.2) is 41.3 Å². The van der Waals surface area contributed by atoms with Gasteiger partial charge in [0.15, 0.2) is 0 Å². The third-order valence-electron chi connectivity index (χ3n) is 3.85. The molecular weight excluding hydrogens is 314 g/mol. The van der Waals surface area contributed by atoms with Crippen LogP contribution in [0.3, 0.4) is 0 Å². The largest absolute Gasteiger partial charge is 0.477 e. The van der Waals surface area contributed by atoms with Gasteiger partial charge in [-0.2, -0.15) is 0 Å². The molecule has 0 amide bonds. The third-order valence-corrected chi connectivity index (χ3v) is 4.96. The molecule has 3 heterocycles. The van der Waals surface area contributed by atoms with E-state index in [9.17, 15) is 14.7 Å². The Kier molecular flexibility index (Phi) is 2.85. The molecule has 4 rings (SSSR count). The van der Waals surface area contributed by atoms with E-state index in [1.807, 2.05) is 18.2 Å². The van der Waals surface area contributed by atoms with Crippen molar-refractivity contribution in [3.63, 3.8) is 0 Å². The third kappa shape index (κ3) is 1.97. The number of H-pyrrole nitrogens is 1. The first-order chi connectivity index (χ1) is 11.1. The van der Waals surface area contributed by atoms with Crippen molar-refractivity contribution in [1.29, 1.82) is 0 Å². The number of aromatic amines is 1. The lowest BCUT2D eigenvalue weighted by atomic mass is 10.0. The van der Waals surface area contributed by atoms with E-state index < -0.39 is 5.97 Å². The van der Waals surface area contributed by atoms with Crippen LogP contribution in [-0.2, 0) is 7.05 Å². The summed E-state index contributed by atoms with van der Waals surface area (Å²) in [5, 5.41) is 10.3. The number of nitrogens with zero attached hydrogens (tertiary/aromatic N) is 2. The fourth-order valence-electron chi connectivity index (χ4n) is 2.75. The van der Waals surface area contributed by atoms with Gasteiger partial charge in [0, 0.05) is 24.2 Å². The van der Waals surface area contributed by atoms with Crippen molar-refractivity contribution in [3.05, 3.63) is 51.9 Å². The number of thiophene rings is 1. The van der Waals surface area contributed by atoms with Gasteiger partial charge in [-0.1, -0.05) is 6.07 Å². The number of fused-ring (bicyclic) bond motifs is 2. The van der Waals surface area contributed by atoms with Crippen molar-refractivity contribution in [2.45, 2.75) is 0 Å². The Morgan fingerprint density at radius 3 is 2.96 bits per heavy atom. The standard InChI is InChI=1S/C16H11N3O3S/c1-19-11-7-8(4-5-10(11)18-16(19)22)12-9-3-2-6-17-14(9)23-13(12)15(20)21/h2-7H,1H3,(H,18,22)(H,20,21). The molecule has 0 spiro atoms. The number of rotatable bonds is 2. The Morgan fingerprint density at radius 1 is 1.35 bits per heavy atom. The lowest BCUT2D eigenvalue weighted by molar-refractivity contribution is 0.0703. The average molecular weight is 325 g/mol. The lowest BCUT2D eigenvalue weighted by Crippen LogP contribution is -2.11. The van der Waals surface area contributed by atoms with E-state index in [2.05, 4.69) is 9.97 Å². The van der Waals surface area contributed by atoms with Crippen molar-refractivity contribution in [2.75, 3.05) is 0 Å². The predicted molar refractivity (Wildman–Crippen MR) is 89.1 cm³/mol. The maximum absolute atomic E-state index is 11.7. The number of carboxylic acids is 1. The van der Waals surface area contributed by atoms with Gasteiger partial charge in [-0.15, -0.1) is 11.3 Å². The number of nitrogens with one attached hydrogen (secondary N) is 1. The second kappa shape index (κ2) is 4.79. The van der Waals surface area contributed by atoms with Crippen molar-refractivity contribution >= 4 is 38.6 Å². The molecule has 3 aromatic heterocycles. The highest BCUT2D eigenvalue weighted by Gasteiger charge is 2.20. The summed E-state index contributed by atoms with van der Waals surface area (Å²) in [6.45, 7) is 0. The molecule has 7 heteroatoms. The second-order valence-corrected chi connectivity index (χ2v) is 6.19. The normalized spacial score (nSPS) is 11.3. The van der Waals surface area contributed by atoms with E-state index in [0.717, 1.165) is 33.3 Å². The molecule has 0 fully saturated rings. The molecule has 2 N–H and O–H groups in total. The quantitative estimate of drug-likeness (QED) is 0.593. The van der Waals surface area contributed by atoms with Gasteiger partial charge in [0.2, 0.25) is 0 Å². The summed E-state index contributed by atoms with van der Waals surface area (Å²) in [4.78, 5) is 31.3. The number of aryl methyl sites for hydroxylation is 1. The van der Waals surface area contributed by atoms with Crippen LogP contribution in [-0.4, -0.2) is 25.6 Å². The molecule has 0 unspecified atom stereocenters. The maximum Gasteiger partial charge on any atom is 0.346 e. The number of benzene rings is 1. The Morgan fingerprint density at radius 2 is 2.17 bits per heavy atom. The van der Waals surface area contributed by atoms with Crippen LogP contribution in [0.25, 0.3) is 32.4 Å². The molecule has 0 aliphatic heterocycles. The molecular formula is C16H11N3O3S. The molecule has 0 radical (unpaired) electrons. The van der Waals surface area contributed by atoms with Crippen molar-refractivity contribution in [2.24, 2.45) is 7.05 Å². The van der Waals surface area contributed by atoms with Gasteiger partial charge in [-0.05, 0) is 29.8 Å². The number of aromatic nitrogens is 3. The molecule has 1 aromatic carbocycles. The number of carboxylic acid groups (broad SMARTS) is 1. The smallest absolute Gasteiger partial charge is 0.346 e. The molecule has 0 saturated heterocycles. The van der Waals surface area contributed by atoms with Crippen LogP contribution in [0.4, 0.5) is 0 Å². The van der Waals surface area contributed by atoms with Crippen LogP contribution in [0.1, 0.15) is 9.67 Å². The minimum absolute atomic E-state index is 0.201. The summed E-state index contributed by atoms with van der Waals surface area (Å²) < 4.78 is 1.51. The summed E-state index contributed by atoms with van der Waals surface area (Å²) in [7, 11) is 1.68. The van der Waals surface area contributed by atoms with Gasteiger partial charge in [0.1, 0.15) is 9.71 Å². The summed E-state index contributed by atoms with van der Waals surface area (Å²) in [6.07, 6.45) is 1.65. The molecule has 0 bridgehead atoms. The Hall–Kier alpha value is -2.93. The summed E-state index contributed by atoms with van der Waals surface area (Å²) in [6, 6.07) is 9.08. The van der Waals surface area contributed by atoms with Crippen LogP contribution in [0.2, 0.25) is 0 Å². The van der Waals surface area contributed by atoms with Crippen LogP contribution in [0, 0.1) is 0 Å². The first-order valence-electron chi connectivity index (χ1n) is 6.86. The second-order valence-electron chi connectivity index (χ2n) is 5.19.